The monoisotopic (exact) mass is 314 g/mol. The van der Waals surface area contributed by atoms with E-state index in [1.54, 1.807) is 6.07 Å². The molecule has 2 aromatic carbocycles. The zero-order valence-corrected chi connectivity index (χ0v) is 11.1. The molecule has 2 nitrogen and oxygen atoms in total. The number of nitriles is 1. The van der Waals surface area contributed by atoms with Crippen LogP contribution < -0.4 is 5.32 Å². The van der Waals surface area contributed by atoms with E-state index < -0.39 is 17.6 Å². The topological polar surface area (TPSA) is 35.8 Å². The number of halogens is 5. The summed E-state index contributed by atoms with van der Waals surface area (Å²) in [5.41, 5.74) is -0.523. The maximum absolute atomic E-state index is 13.4. The molecule has 0 fully saturated rings. The molecule has 0 amide bonds. The molecule has 0 saturated carbocycles. The zero-order valence-electron chi connectivity index (χ0n) is 10.3. The molecule has 0 aliphatic carbocycles. The van der Waals surface area contributed by atoms with Crippen LogP contribution in [0.15, 0.2) is 36.4 Å². The quantitative estimate of drug-likeness (QED) is 0.782. The van der Waals surface area contributed by atoms with Crippen LogP contribution in [0.5, 0.6) is 0 Å². The van der Waals surface area contributed by atoms with Crippen LogP contribution in [0.25, 0.3) is 0 Å². The fourth-order valence-corrected chi connectivity index (χ4v) is 1.86. The predicted octanol–water partition coefficient (Wildman–Crippen LogP) is 5.11. The molecule has 1 N–H and O–H groups in total. The van der Waals surface area contributed by atoms with Crippen LogP contribution in [0.3, 0.4) is 0 Å². The summed E-state index contributed by atoms with van der Waals surface area (Å²) in [6.07, 6.45) is -4.48. The SMILES string of the molecule is N#Cc1ccc(Nc2ccc(C(F)(F)F)cc2Cl)cc1F. The number of benzene rings is 2. The van der Waals surface area contributed by atoms with E-state index in [1.807, 2.05) is 0 Å². The fourth-order valence-electron chi connectivity index (χ4n) is 1.63. The summed E-state index contributed by atoms with van der Waals surface area (Å²) < 4.78 is 50.9. The number of hydrogen-bond acceptors (Lipinski definition) is 2. The molecule has 0 heterocycles. The lowest BCUT2D eigenvalue weighted by Gasteiger charge is -2.12. The molecular weight excluding hydrogens is 308 g/mol. The Kier molecular flexibility index (Phi) is 4.05. The lowest BCUT2D eigenvalue weighted by atomic mass is 10.1. The second kappa shape index (κ2) is 5.62. The Morgan fingerprint density at radius 2 is 1.81 bits per heavy atom. The van der Waals surface area contributed by atoms with E-state index in [4.69, 9.17) is 16.9 Å². The number of anilines is 2. The van der Waals surface area contributed by atoms with Gasteiger partial charge in [0.05, 0.1) is 21.8 Å². The van der Waals surface area contributed by atoms with E-state index in [9.17, 15) is 17.6 Å². The molecule has 0 bridgehead atoms. The molecule has 2 aromatic rings. The van der Waals surface area contributed by atoms with E-state index in [-0.39, 0.29) is 22.0 Å². The van der Waals surface area contributed by atoms with Crippen LogP contribution in [0.4, 0.5) is 28.9 Å². The van der Waals surface area contributed by atoms with Gasteiger partial charge in [0, 0.05) is 5.69 Å². The first-order valence-corrected chi connectivity index (χ1v) is 6.02. The molecular formula is C14H7ClF4N2. The van der Waals surface area contributed by atoms with E-state index in [2.05, 4.69) is 5.32 Å². The van der Waals surface area contributed by atoms with Gasteiger partial charge >= 0.3 is 6.18 Å². The smallest absolute Gasteiger partial charge is 0.354 e. The Morgan fingerprint density at radius 3 is 2.33 bits per heavy atom. The third-order valence-corrected chi connectivity index (χ3v) is 2.98. The summed E-state index contributed by atoms with van der Waals surface area (Å²) in [5, 5.41) is 11.2. The molecule has 7 heteroatoms. The van der Waals surface area contributed by atoms with E-state index in [0.29, 0.717) is 0 Å². The molecule has 0 aliphatic heterocycles. The highest BCUT2D eigenvalue weighted by Crippen LogP contribution is 2.34. The Bertz CT molecular complexity index is 720. The normalized spacial score (nSPS) is 11.0. The summed E-state index contributed by atoms with van der Waals surface area (Å²) in [4.78, 5) is 0. The van der Waals surface area contributed by atoms with Crippen molar-refractivity contribution in [3.63, 3.8) is 0 Å². The maximum atomic E-state index is 13.4. The molecule has 0 saturated heterocycles. The summed E-state index contributed by atoms with van der Waals surface area (Å²) in [6, 6.07) is 8.22. The Balaban J connectivity index is 2.28. The fraction of sp³-hybridized carbons (Fsp3) is 0.0714. The third-order valence-electron chi connectivity index (χ3n) is 2.66. The van der Waals surface area contributed by atoms with Crippen molar-refractivity contribution in [1.29, 1.82) is 5.26 Å². The Morgan fingerprint density at radius 1 is 1.10 bits per heavy atom. The minimum atomic E-state index is -4.48. The van der Waals surface area contributed by atoms with Crippen molar-refractivity contribution >= 4 is 23.0 Å². The summed E-state index contributed by atoms with van der Waals surface area (Å²) in [5.74, 6) is -0.731. The first kappa shape index (κ1) is 15.1. The van der Waals surface area contributed by atoms with Gasteiger partial charge in [-0.2, -0.15) is 18.4 Å². The maximum Gasteiger partial charge on any atom is 0.416 e. The molecule has 0 aliphatic rings. The van der Waals surface area contributed by atoms with Crippen molar-refractivity contribution in [2.75, 3.05) is 5.32 Å². The van der Waals surface area contributed by atoms with E-state index in [1.165, 1.54) is 12.1 Å². The number of nitrogens with one attached hydrogen (secondary N) is 1. The molecule has 0 unspecified atom stereocenters. The molecule has 0 radical (unpaired) electrons. The van der Waals surface area contributed by atoms with Gasteiger partial charge in [-0.05, 0) is 36.4 Å². The van der Waals surface area contributed by atoms with Crippen LogP contribution >= 0.6 is 11.6 Å². The van der Waals surface area contributed by atoms with E-state index >= 15 is 0 Å². The van der Waals surface area contributed by atoms with Gasteiger partial charge < -0.3 is 5.32 Å². The van der Waals surface area contributed by atoms with Crippen LogP contribution in [0.1, 0.15) is 11.1 Å². The Labute approximate surface area is 122 Å². The van der Waals surface area contributed by atoms with Crippen LogP contribution in [0, 0.1) is 17.1 Å². The lowest BCUT2D eigenvalue weighted by molar-refractivity contribution is -0.137. The highest BCUT2D eigenvalue weighted by molar-refractivity contribution is 6.33. The Hall–Kier alpha value is -2.26. The highest BCUT2D eigenvalue weighted by atomic mass is 35.5. The van der Waals surface area contributed by atoms with Crippen molar-refractivity contribution in [2.45, 2.75) is 6.18 Å². The second-order valence-electron chi connectivity index (χ2n) is 4.12. The first-order chi connectivity index (χ1) is 9.81. The lowest BCUT2D eigenvalue weighted by Crippen LogP contribution is -2.05. The standard InChI is InChI=1S/C14H7ClF4N2/c15-11-5-9(14(17,18)19)2-4-13(11)21-10-3-1-8(7-20)12(16)6-10/h1-6,21H. The number of nitrogens with zero attached hydrogens (tertiary/aromatic N) is 1. The van der Waals surface area contributed by atoms with Crippen molar-refractivity contribution in [3.8, 4) is 6.07 Å². The number of rotatable bonds is 2. The first-order valence-electron chi connectivity index (χ1n) is 5.64. The van der Waals surface area contributed by atoms with Crippen molar-refractivity contribution in [2.24, 2.45) is 0 Å². The molecule has 0 aromatic heterocycles. The minimum Gasteiger partial charge on any atom is -0.354 e. The van der Waals surface area contributed by atoms with E-state index in [0.717, 1.165) is 24.3 Å². The minimum absolute atomic E-state index is 0.126. The predicted molar refractivity (Wildman–Crippen MR) is 70.9 cm³/mol. The van der Waals surface area contributed by atoms with Gasteiger partial charge in [-0.1, -0.05) is 11.6 Å². The van der Waals surface area contributed by atoms with Crippen LogP contribution in [0.2, 0.25) is 5.02 Å². The van der Waals surface area contributed by atoms with Crippen LogP contribution in [-0.4, -0.2) is 0 Å². The molecule has 21 heavy (non-hydrogen) atoms. The second-order valence-corrected chi connectivity index (χ2v) is 4.53. The van der Waals surface area contributed by atoms with Gasteiger partial charge in [0.2, 0.25) is 0 Å². The summed E-state index contributed by atoms with van der Waals surface area (Å²) >= 11 is 5.78. The van der Waals surface area contributed by atoms with Gasteiger partial charge in [-0.3, -0.25) is 0 Å². The van der Waals surface area contributed by atoms with Crippen molar-refractivity contribution in [1.82, 2.24) is 0 Å². The largest absolute Gasteiger partial charge is 0.416 e. The average Bonchev–Trinajstić information content (AvgIpc) is 2.40. The summed E-state index contributed by atoms with van der Waals surface area (Å²) in [6.45, 7) is 0. The van der Waals surface area contributed by atoms with Crippen molar-refractivity contribution < 1.29 is 17.6 Å². The zero-order chi connectivity index (χ0) is 15.6. The van der Waals surface area contributed by atoms with Gasteiger partial charge in [0.15, 0.2) is 0 Å². The van der Waals surface area contributed by atoms with Gasteiger partial charge in [0.25, 0.3) is 0 Å². The van der Waals surface area contributed by atoms with Gasteiger partial charge in [-0.15, -0.1) is 0 Å². The highest BCUT2D eigenvalue weighted by Gasteiger charge is 2.30. The molecule has 108 valence electrons. The molecule has 0 atom stereocenters. The third kappa shape index (κ3) is 3.44. The van der Waals surface area contributed by atoms with Gasteiger partial charge in [0.1, 0.15) is 11.9 Å². The summed E-state index contributed by atoms with van der Waals surface area (Å²) in [7, 11) is 0. The number of hydrogen-bond donors (Lipinski definition) is 1. The average molecular weight is 315 g/mol. The van der Waals surface area contributed by atoms with Gasteiger partial charge in [-0.25, -0.2) is 4.39 Å². The molecule has 0 spiro atoms. The number of alkyl halides is 3. The van der Waals surface area contributed by atoms with Crippen molar-refractivity contribution in [3.05, 3.63) is 58.4 Å². The van der Waals surface area contributed by atoms with Crippen LogP contribution in [-0.2, 0) is 6.18 Å². The molecule has 2 rings (SSSR count).